The molecule has 0 heterocycles. The van der Waals surface area contributed by atoms with E-state index in [1.165, 1.54) is 23.3 Å². The van der Waals surface area contributed by atoms with Crippen molar-refractivity contribution in [1.29, 1.82) is 0 Å². The molecule has 2 N–H and O–H groups in total. The second kappa shape index (κ2) is 5.14. The van der Waals surface area contributed by atoms with Crippen LogP contribution < -0.4 is 5.73 Å². The molecule has 0 bridgehead atoms. The first-order chi connectivity index (χ1) is 8.88. The number of rotatable bonds is 3. The van der Waals surface area contributed by atoms with Crippen molar-refractivity contribution in [2.75, 3.05) is 0 Å². The Morgan fingerprint density at radius 2 is 1.68 bits per heavy atom. The van der Waals surface area contributed by atoms with E-state index in [1.54, 1.807) is 12.1 Å². The summed E-state index contributed by atoms with van der Waals surface area (Å²) in [6.07, 6.45) is 0.692. The Morgan fingerprint density at radius 3 is 2.26 bits per heavy atom. The first kappa shape index (κ1) is 13.8. The fraction of sp³-hybridized carbons (Fsp3) is 0.294. The SMILES string of the molecule is Cc1ccc(C(C)(N)Cc2ccc(F)cc2)c(C)c1. The number of hydrogen-bond acceptors (Lipinski definition) is 1. The van der Waals surface area contributed by atoms with Crippen LogP contribution in [0.1, 0.15) is 29.2 Å². The Labute approximate surface area is 114 Å². The van der Waals surface area contributed by atoms with Crippen molar-refractivity contribution in [1.82, 2.24) is 0 Å². The van der Waals surface area contributed by atoms with Crippen molar-refractivity contribution in [2.24, 2.45) is 5.73 Å². The van der Waals surface area contributed by atoms with E-state index in [0.717, 1.165) is 11.1 Å². The normalized spacial score (nSPS) is 14.2. The molecule has 1 atom stereocenters. The molecule has 0 aliphatic carbocycles. The van der Waals surface area contributed by atoms with E-state index in [0.29, 0.717) is 6.42 Å². The van der Waals surface area contributed by atoms with Gasteiger partial charge in [0.2, 0.25) is 0 Å². The van der Waals surface area contributed by atoms with Crippen molar-refractivity contribution in [3.63, 3.8) is 0 Å². The molecule has 19 heavy (non-hydrogen) atoms. The van der Waals surface area contributed by atoms with E-state index in [-0.39, 0.29) is 5.82 Å². The highest BCUT2D eigenvalue weighted by atomic mass is 19.1. The van der Waals surface area contributed by atoms with Crippen molar-refractivity contribution in [3.8, 4) is 0 Å². The van der Waals surface area contributed by atoms with Gasteiger partial charge >= 0.3 is 0 Å². The van der Waals surface area contributed by atoms with Gasteiger partial charge in [0, 0.05) is 5.54 Å². The molecular formula is C17H20FN. The first-order valence-corrected chi connectivity index (χ1v) is 6.49. The minimum Gasteiger partial charge on any atom is -0.321 e. The summed E-state index contributed by atoms with van der Waals surface area (Å²) in [5, 5.41) is 0. The van der Waals surface area contributed by atoms with Crippen molar-refractivity contribution in [2.45, 2.75) is 32.7 Å². The van der Waals surface area contributed by atoms with Gasteiger partial charge in [-0.1, -0.05) is 35.9 Å². The van der Waals surface area contributed by atoms with Crippen molar-refractivity contribution in [3.05, 3.63) is 70.5 Å². The molecule has 2 heteroatoms. The Morgan fingerprint density at radius 1 is 1.05 bits per heavy atom. The van der Waals surface area contributed by atoms with Crippen molar-refractivity contribution < 1.29 is 4.39 Å². The summed E-state index contributed by atoms with van der Waals surface area (Å²) in [5.41, 5.74) is 10.6. The van der Waals surface area contributed by atoms with Crippen LogP contribution in [0.3, 0.4) is 0 Å². The molecule has 0 fully saturated rings. The zero-order valence-corrected chi connectivity index (χ0v) is 11.7. The van der Waals surface area contributed by atoms with E-state index in [2.05, 4.69) is 32.0 Å². The molecule has 0 amide bonds. The van der Waals surface area contributed by atoms with Crippen LogP contribution in [0.4, 0.5) is 4.39 Å². The largest absolute Gasteiger partial charge is 0.321 e. The molecule has 1 nitrogen and oxygen atoms in total. The summed E-state index contributed by atoms with van der Waals surface area (Å²) in [6, 6.07) is 12.9. The van der Waals surface area contributed by atoms with Crippen LogP contribution >= 0.6 is 0 Å². The van der Waals surface area contributed by atoms with Gasteiger partial charge < -0.3 is 5.73 Å². The van der Waals surface area contributed by atoms with Gasteiger partial charge in [-0.2, -0.15) is 0 Å². The number of nitrogens with two attached hydrogens (primary N) is 1. The topological polar surface area (TPSA) is 26.0 Å². The van der Waals surface area contributed by atoms with E-state index in [9.17, 15) is 4.39 Å². The molecule has 0 saturated heterocycles. The second-order valence-corrected chi connectivity index (χ2v) is 5.54. The van der Waals surface area contributed by atoms with Crippen LogP contribution in [0.15, 0.2) is 42.5 Å². The van der Waals surface area contributed by atoms with Crippen LogP contribution in [-0.4, -0.2) is 0 Å². The molecule has 100 valence electrons. The minimum absolute atomic E-state index is 0.214. The molecule has 2 aromatic carbocycles. The molecule has 0 aliphatic heterocycles. The lowest BCUT2D eigenvalue weighted by Gasteiger charge is -2.27. The van der Waals surface area contributed by atoms with Crippen LogP contribution in [0, 0.1) is 19.7 Å². The summed E-state index contributed by atoms with van der Waals surface area (Å²) < 4.78 is 12.9. The summed E-state index contributed by atoms with van der Waals surface area (Å²) in [5.74, 6) is -0.214. The Hall–Kier alpha value is -1.67. The van der Waals surface area contributed by atoms with Crippen LogP contribution in [-0.2, 0) is 12.0 Å². The Bertz CT molecular complexity index is 570. The van der Waals surface area contributed by atoms with Gasteiger partial charge in [-0.3, -0.25) is 0 Å². The summed E-state index contributed by atoms with van der Waals surface area (Å²) in [6.45, 7) is 6.18. The molecule has 0 aromatic heterocycles. The van der Waals surface area contributed by atoms with E-state index in [1.807, 2.05) is 6.92 Å². The maximum Gasteiger partial charge on any atom is 0.123 e. The third-order valence-corrected chi connectivity index (χ3v) is 3.48. The van der Waals surface area contributed by atoms with Gasteiger partial charge in [0.1, 0.15) is 5.82 Å². The van der Waals surface area contributed by atoms with Gasteiger partial charge in [0.25, 0.3) is 0 Å². The molecule has 2 aromatic rings. The zero-order chi connectivity index (χ0) is 14.0. The second-order valence-electron chi connectivity index (χ2n) is 5.54. The molecule has 0 saturated carbocycles. The highest BCUT2D eigenvalue weighted by Crippen LogP contribution is 2.26. The third-order valence-electron chi connectivity index (χ3n) is 3.48. The summed E-state index contributed by atoms with van der Waals surface area (Å²) in [4.78, 5) is 0. The van der Waals surface area contributed by atoms with Gasteiger partial charge in [-0.25, -0.2) is 4.39 Å². The molecule has 1 unspecified atom stereocenters. The molecule has 0 spiro atoms. The standard InChI is InChI=1S/C17H20FN/c1-12-4-9-16(13(2)10-12)17(3,19)11-14-5-7-15(18)8-6-14/h4-10H,11,19H2,1-3H3. The fourth-order valence-electron chi connectivity index (χ4n) is 2.58. The highest BCUT2D eigenvalue weighted by molar-refractivity contribution is 5.36. The third kappa shape index (κ3) is 3.21. The summed E-state index contributed by atoms with van der Waals surface area (Å²) >= 11 is 0. The van der Waals surface area contributed by atoms with Gasteiger partial charge in [-0.15, -0.1) is 0 Å². The van der Waals surface area contributed by atoms with Crippen molar-refractivity contribution >= 4 is 0 Å². The van der Waals surface area contributed by atoms with E-state index in [4.69, 9.17) is 5.73 Å². The lowest BCUT2D eigenvalue weighted by molar-refractivity contribution is 0.488. The molecular weight excluding hydrogens is 237 g/mol. The Kier molecular flexibility index (Phi) is 3.72. The number of aryl methyl sites for hydroxylation is 2. The quantitative estimate of drug-likeness (QED) is 0.887. The van der Waals surface area contributed by atoms with Gasteiger partial charge in [-0.05, 0) is 56.0 Å². The molecule has 2 rings (SSSR count). The number of hydrogen-bond donors (Lipinski definition) is 1. The predicted molar refractivity (Wildman–Crippen MR) is 77.6 cm³/mol. The Balaban J connectivity index is 2.29. The van der Waals surface area contributed by atoms with Gasteiger partial charge in [0.15, 0.2) is 0 Å². The van der Waals surface area contributed by atoms with Gasteiger partial charge in [0.05, 0.1) is 0 Å². The average molecular weight is 257 g/mol. The monoisotopic (exact) mass is 257 g/mol. The van der Waals surface area contributed by atoms with E-state index < -0.39 is 5.54 Å². The molecule has 0 aliphatic rings. The van der Waals surface area contributed by atoms with E-state index >= 15 is 0 Å². The fourth-order valence-corrected chi connectivity index (χ4v) is 2.58. The summed E-state index contributed by atoms with van der Waals surface area (Å²) in [7, 11) is 0. The zero-order valence-electron chi connectivity index (χ0n) is 11.7. The first-order valence-electron chi connectivity index (χ1n) is 6.49. The lowest BCUT2D eigenvalue weighted by atomic mass is 9.83. The highest BCUT2D eigenvalue weighted by Gasteiger charge is 2.23. The lowest BCUT2D eigenvalue weighted by Crippen LogP contribution is -2.36. The smallest absolute Gasteiger partial charge is 0.123 e. The number of halogens is 1. The number of benzene rings is 2. The maximum absolute atomic E-state index is 12.9. The predicted octanol–water partition coefficient (Wildman–Crippen LogP) is 3.86. The van der Waals surface area contributed by atoms with Crippen LogP contribution in [0.25, 0.3) is 0 Å². The minimum atomic E-state index is -0.449. The maximum atomic E-state index is 12.9. The molecule has 0 radical (unpaired) electrons. The average Bonchev–Trinajstić information content (AvgIpc) is 2.31. The van der Waals surface area contributed by atoms with Crippen LogP contribution in [0.2, 0.25) is 0 Å². The van der Waals surface area contributed by atoms with Crippen LogP contribution in [0.5, 0.6) is 0 Å².